The molecule has 128 valence electrons. The normalized spacial score (nSPS) is 12.7. The Labute approximate surface area is 140 Å². The molecule has 1 aromatic carbocycles. The van der Waals surface area contributed by atoms with Gasteiger partial charge >= 0.3 is 0 Å². The molecule has 23 heavy (non-hydrogen) atoms. The summed E-state index contributed by atoms with van der Waals surface area (Å²) in [5, 5.41) is 0. The molecule has 0 aliphatic carbocycles. The Morgan fingerprint density at radius 3 is 2.22 bits per heavy atom. The lowest BCUT2D eigenvalue weighted by molar-refractivity contribution is -0.124. The molecule has 0 aromatic heterocycles. The highest BCUT2D eigenvalue weighted by Gasteiger charge is 2.20. The van der Waals surface area contributed by atoms with Crippen molar-refractivity contribution < 1.29 is 14.3 Å². The van der Waals surface area contributed by atoms with Crippen LogP contribution in [0.25, 0.3) is 6.08 Å². The van der Waals surface area contributed by atoms with Crippen molar-refractivity contribution in [3.05, 3.63) is 42.0 Å². The number of hydrogen-bond donors (Lipinski definition) is 0. The molecule has 1 aliphatic rings. The molecular formula is C20H30O3. The van der Waals surface area contributed by atoms with E-state index in [1.54, 1.807) is 6.08 Å². The lowest BCUT2D eigenvalue weighted by Gasteiger charge is -2.24. The van der Waals surface area contributed by atoms with Gasteiger partial charge in [0.25, 0.3) is 0 Å². The van der Waals surface area contributed by atoms with E-state index in [1.807, 2.05) is 52.0 Å². The standard InChI is InChI=1S/C11H12O.C7H12O2.C2H6/c1-3-9-7-5-6-8-10(9)11(12)4-2;1-2-7(8)3-6-4-9-5-6;1-2/h3,5-8H,1,4H2,2H3;6H,2-5H2,1H3;1-2H3. The topological polar surface area (TPSA) is 43.4 Å². The van der Waals surface area contributed by atoms with E-state index < -0.39 is 0 Å². The Morgan fingerprint density at radius 1 is 1.17 bits per heavy atom. The SMILES string of the molecule is C=Cc1ccccc1C(=O)CC.CC.CCC(=O)CC1COC1. The van der Waals surface area contributed by atoms with E-state index in [9.17, 15) is 9.59 Å². The first kappa shape index (κ1) is 21.3. The lowest BCUT2D eigenvalue weighted by atomic mass is 10.0. The van der Waals surface area contributed by atoms with Gasteiger partial charge in [0.2, 0.25) is 0 Å². The van der Waals surface area contributed by atoms with E-state index in [2.05, 4.69) is 6.58 Å². The fraction of sp³-hybridized carbons (Fsp3) is 0.500. The molecule has 0 radical (unpaired) electrons. The van der Waals surface area contributed by atoms with E-state index in [0.29, 0.717) is 24.5 Å². The molecule has 1 aliphatic heterocycles. The zero-order valence-electron chi connectivity index (χ0n) is 14.9. The van der Waals surface area contributed by atoms with Crippen LogP contribution < -0.4 is 0 Å². The molecule has 0 atom stereocenters. The number of benzene rings is 1. The van der Waals surface area contributed by atoms with Crippen molar-refractivity contribution in [1.29, 1.82) is 0 Å². The molecular weight excluding hydrogens is 288 g/mol. The van der Waals surface area contributed by atoms with Crippen LogP contribution in [0, 0.1) is 5.92 Å². The van der Waals surface area contributed by atoms with Crippen LogP contribution in [-0.4, -0.2) is 24.8 Å². The van der Waals surface area contributed by atoms with Gasteiger partial charge in [0.15, 0.2) is 5.78 Å². The quantitative estimate of drug-likeness (QED) is 0.697. The van der Waals surface area contributed by atoms with Crippen LogP contribution in [-0.2, 0) is 9.53 Å². The second kappa shape index (κ2) is 12.8. The molecule has 1 heterocycles. The second-order valence-electron chi connectivity index (χ2n) is 5.07. The average Bonchev–Trinajstić information content (AvgIpc) is 2.59. The molecule has 0 spiro atoms. The molecule has 2 rings (SSSR count). The van der Waals surface area contributed by atoms with E-state index in [4.69, 9.17) is 4.74 Å². The Hall–Kier alpha value is -1.74. The summed E-state index contributed by atoms with van der Waals surface area (Å²) in [7, 11) is 0. The van der Waals surface area contributed by atoms with Crippen molar-refractivity contribution in [2.24, 2.45) is 5.92 Å². The Morgan fingerprint density at radius 2 is 1.78 bits per heavy atom. The van der Waals surface area contributed by atoms with Crippen LogP contribution in [0.2, 0.25) is 0 Å². The van der Waals surface area contributed by atoms with Gasteiger partial charge in [-0.1, -0.05) is 64.6 Å². The molecule has 3 nitrogen and oxygen atoms in total. The third kappa shape index (κ3) is 7.89. The fourth-order valence-electron chi connectivity index (χ4n) is 1.99. The summed E-state index contributed by atoms with van der Waals surface area (Å²) in [6.07, 6.45) is 3.67. The lowest BCUT2D eigenvalue weighted by Crippen LogP contribution is -2.29. The Bertz CT molecular complexity index is 487. The second-order valence-corrected chi connectivity index (χ2v) is 5.07. The van der Waals surface area contributed by atoms with Gasteiger partial charge in [-0.3, -0.25) is 9.59 Å². The first-order valence-electron chi connectivity index (χ1n) is 8.46. The molecule has 1 fully saturated rings. The van der Waals surface area contributed by atoms with Crippen molar-refractivity contribution in [3.63, 3.8) is 0 Å². The highest BCUT2D eigenvalue weighted by atomic mass is 16.5. The van der Waals surface area contributed by atoms with Crippen LogP contribution in [0.4, 0.5) is 0 Å². The van der Waals surface area contributed by atoms with Crippen LogP contribution in [0.5, 0.6) is 0 Å². The van der Waals surface area contributed by atoms with E-state index in [-0.39, 0.29) is 5.78 Å². The molecule has 0 bridgehead atoms. The van der Waals surface area contributed by atoms with Gasteiger partial charge in [-0.2, -0.15) is 0 Å². The number of Topliss-reactive ketones (excluding diaryl/α,β-unsaturated/α-hetero) is 2. The minimum atomic E-state index is 0.172. The number of ether oxygens (including phenoxy) is 1. The third-order valence-electron chi connectivity index (χ3n) is 3.42. The summed E-state index contributed by atoms with van der Waals surface area (Å²) in [6, 6.07) is 7.51. The average molecular weight is 318 g/mol. The number of ketones is 2. The van der Waals surface area contributed by atoms with Crippen LogP contribution >= 0.6 is 0 Å². The van der Waals surface area contributed by atoms with Gasteiger partial charge in [-0.25, -0.2) is 0 Å². The highest BCUT2D eigenvalue weighted by molar-refractivity contribution is 5.99. The minimum Gasteiger partial charge on any atom is -0.381 e. The summed E-state index contributed by atoms with van der Waals surface area (Å²) < 4.78 is 4.93. The number of carbonyl (C=O) groups is 2. The third-order valence-corrected chi connectivity index (χ3v) is 3.42. The molecule has 0 N–H and O–H groups in total. The van der Waals surface area contributed by atoms with Gasteiger partial charge in [-0.05, 0) is 5.56 Å². The summed E-state index contributed by atoms with van der Waals surface area (Å²) in [4.78, 5) is 22.1. The van der Waals surface area contributed by atoms with Gasteiger partial charge in [0.1, 0.15) is 5.78 Å². The maximum atomic E-state index is 11.3. The first-order valence-corrected chi connectivity index (χ1v) is 8.46. The first-order chi connectivity index (χ1) is 11.1. The largest absolute Gasteiger partial charge is 0.381 e. The number of carbonyl (C=O) groups excluding carboxylic acids is 2. The molecule has 1 saturated heterocycles. The van der Waals surface area contributed by atoms with Crippen molar-refractivity contribution >= 4 is 17.6 Å². The van der Waals surface area contributed by atoms with E-state index in [1.165, 1.54) is 0 Å². The summed E-state index contributed by atoms with van der Waals surface area (Å²) in [6.45, 7) is 13.0. The zero-order valence-corrected chi connectivity index (χ0v) is 14.9. The minimum absolute atomic E-state index is 0.172. The van der Waals surface area contributed by atoms with Gasteiger partial charge < -0.3 is 4.74 Å². The fourth-order valence-corrected chi connectivity index (χ4v) is 1.99. The smallest absolute Gasteiger partial charge is 0.163 e. The highest BCUT2D eigenvalue weighted by Crippen LogP contribution is 2.14. The van der Waals surface area contributed by atoms with Crippen LogP contribution in [0.1, 0.15) is 62.9 Å². The van der Waals surface area contributed by atoms with E-state index in [0.717, 1.165) is 30.8 Å². The van der Waals surface area contributed by atoms with E-state index >= 15 is 0 Å². The molecule has 0 saturated carbocycles. The predicted molar refractivity (Wildman–Crippen MR) is 96.7 cm³/mol. The predicted octanol–water partition coefficient (Wildman–Crippen LogP) is 4.95. The zero-order chi connectivity index (χ0) is 17.7. The molecule has 3 heteroatoms. The maximum absolute atomic E-state index is 11.3. The summed E-state index contributed by atoms with van der Waals surface area (Å²) >= 11 is 0. The summed E-state index contributed by atoms with van der Waals surface area (Å²) in [5.74, 6) is 1.08. The number of rotatable bonds is 6. The monoisotopic (exact) mass is 318 g/mol. The van der Waals surface area contributed by atoms with Crippen molar-refractivity contribution in [2.75, 3.05) is 13.2 Å². The van der Waals surface area contributed by atoms with Gasteiger partial charge in [-0.15, -0.1) is 0 Å². The van der Waals surface area contributed by atoms with Crippen LogP contribution in [0.3, 0.4) is 0 Å². The molecule has 0 amide bonds. The molecule has 0 unspecified atom stereocenters. The Kier molecular flexibility index (Phi) is 11.8. The van der Waals surface area contributed by atoms with Crippen LogP contribution in [0.15, 0.2) is 30.8 Å². The van der Waals surface area contributed by atoms with Gasteiger partial charge in [0, 0.05) is 30.7 Å². The number of hydrogen-bond acceptors (Lipinski definition) is 3. The van der Waals surface area contributed by atoms with Crippen molar-refractivity contribution in [3.8, 4) is 0 Å². The van der Waals surface area contributed by atoms with Gasteiger partial charge in [0.05, 0.1) is 13.2 Å². The maximum Gasteiger partial charge on any atom is 0.163 e. The van der Waals surface area contributed by atoms with Crippen molar-refractivity contribution in [2.45, 2.75) is 47.0 Å². The Balaban J connectivity index is 0.000000392. The van der Waals surface area contributed by atoms with Crippen molar-refractivity contribution in [1.82, 2.24) is 0 Å². The molecule has 1 aromatic rings. The summed E-state index contributed by atoms with van der Waals surface area (Å²) in [5.41, 5.74) is 1.69.